The fourth-order valence-corrected chi connectivity index (χ4v) is 8.71. The van der Waals surface area contributed by atoms with E-state index in [0.717, 1.165) is 97.3 Å². The molecular formula is C112H202N2O20. The SMILES string of the molecule is CC(=O)CCCOCC#CC#CCC(C)(C)C.CC(=O)CCOCC#CC#CCC(C)(C)C.CC(=O)CCOCCC(C)(C)C.CC(=O)CCOCCCCCC(C)(C)C.CC(=O)COCC#CC#CCC(C)(C)C.CC(=O)COCCCCCC(C)(C)C.CC(=O)COCCCCCN(C)C(C)(C)C.CC(=O)COCCOCCN(C)C(C)(C)C.CC(=O)OCCOCCC(C)(C)C. The van der Waals surface area contributed by atoms with Gasteiger partial charge in [-0.15, -0.1) is 0 Å². The maximum absolute atomic E-state index is 10.6. The Hall–Kier alpha value is -6.29. The molecule has 22 nitrogen and oxygen atoms in total. The Morgan fingerprint density at radius 3 is 0.806 bits per heavy atom. The number of unbranched alkanes of at least 4 members (excludes halogenated alkanes) is 6. The fourth-order valence-electron chi connectivity index (χ4n) is 8.71. The first-order valence-electron chi connectivity index (χ1n) is 48.8. The van der Waals surface area contributed by atoms with Crippen molar-refractivity contribution in [2.45, 2.75) is 395 Å². The highest BCUT2D eigenvalue weighted by molar-refractivity contribution is 5.78. The van der Waals surface area contributed by atoms with E-state index in [1.54, 1.807) is 41.5 Å². The summed E-state index contributed by atoms with van der Waals surface area (Å²) in [5.41, 5.74) is 2.65. The van der Waals surface area contributed by atoms with E-state index in [1.807, 2.05) is 0 Å². The van der Waals surface area contributed by atoms with E-state index in [2.05, 4.69) is 282 Å². The van der Waals surface area contributed by atoms with Crippen LogP contribution in [0.5, 0.6) is 0 Å². The smallest absolute Gasteiger partial charge is 0.302 e. The molecule has 0 radical (unpaired) electrons. The summed E-state index contributed by atoms with van der Waals surface area (Å²) in [6, 6.07) is 0. The van der Waals surface area contributed by atoms with Gasteiger partial charge in [-0.2, -0.15) is 0 Å². The lowest BCUT2D eigenvalue weighted by atomic mass is 9.89. The molecule has 0 aromatic rings. The van der Waals surface area contributed by atoms with Crippen LogP contribution in [0, 0.1) is 109 Å². The van der Waals surface area contributed by atoms with E-state index in [-0.39, 0.29) is 113 Å². The highest BCUT2D eigenvalue weighted by Gasteiger charge is 2.19. The van der Waals surface area contributed by atoms with Gasteiger partial charge in [-0.25, -0.2) is 0 Å². The molecule has 0 aliphatic heterocycles. The van der Waals surface area contributed by atoms with Gasteiger partial charge in [-0.05, 0) is 255 Å². The standard InChI is InChI=1S/C15H22O2.C14H20O2.C13H27NO2.C13H26O2.C13H18O2.C12H25NO3.C12H24O2.C10H20O3.C10H20O2/c1-14(16)10-9-13-17-12-8-6-5-7-11-15(2,3)4;1-13(15)9-12-16-11-8-6-5-7-10-14(2,3)4;1-12(15)11-16-10-8-6-7-9-14(5)13(2,3)4;1-12(14)8-11-15-10-7-5-6-9-13(2,3)4;1-12(14)11-15-10-8-6-5-7-9-13(2,3)4;1-11(14)10-16-9-8-15-7-6-13(5)12(2,3)4;1-11(13)10-14-9-7-5-6-8-12(2,3)4;1-9(11)13-8-7-12-6-5-10(2,3)4;1-9(11)5-7-12-8-6-10(2,3)4/h9-13H2,1-4H3;9-12H2,1-4H3;6-11H2,1-5H3;5-11H2,1-4H3;9-11H2,1-4H3;6-10H2,1-5H3;5-10H2,1-4H3;5-8H2,1-4H3;5-8H2,1-4H3. The lowest BCUT2D eigenvalue weighted by molar-refractivity contribution is -0.142. The highest BCUT2D eigenvalue weighted by atomic mass is 16.6. The predicted octanol–water partition coefficient (Wildman–Crippen LogP) is 22.3. The Bertz CT molecular complexity index is 3320. The number of ether oxygens (including phenoxy) is 11. The van der Waals surface area contributed by atoms with Gasteiger partial charge >= 0.3 is 5.97 Å². The molecular weight excluding hydrogens is 1690 g/mol. The van der Waals surface area contributed by atoms with E-state index in [9.17, 15) is 43.2 Å². The average molecular weight is 1900 g/mol. The van der Waals surface area contributed by atoms with Crippen molar-refractivity contribution in [3.8, 4) is 71.0 Å². The first-order chi connectivity index (χ1) is 61.6. The number of carbonyl (C=O) groups is 9. The van der Waals surface area contributed by atoms with Crippen LogP contribution in [0.1, 0.15) is 384 Å². The molecule has 0 saturated heterocycles. The molecule has 0 unspecified atom stereocenters. The van der Waals surface area contributed by atoms with Crippen LogP contribution in [-0.4, -0.2) is 239 Å². The number of hydrogen-bond donors (Lipinski definition) is 0. The molecule has 22 heteroatoms. The quantitative estimate of drug-likeness (QED) is 0.0311. The Balaban J connectivity index is -0.000000188. The number of hydrogen-bond acceptors (Lipinski definition) is 22. The maximum atomic E-state index is 10.6. The average Bonchev–Trinajstić information content (AvgIpc) is 0.921. The Labute approximate surface area is 823 Å². The van der Waals surface area contributed by atoms with Crippen molar-refractivity contribution in [1.29, 1.82) is 0 Å². The van der Waals surface area contributed by atoms with Crippen LogP contribution in [0.15, 0.2) is 0 Å². The van der Waals surface area contributed by atoms with Gasteiger partial charge in [0, 0.05) is 109 Å². The highest BCUT2D eigenvalue weighted by Crippen LogP contribution is 2.25. The van der Waals surface area contributed by atoms with Gasteiger partial charge in [0.15, 0.2) is 23.1 Å². The van der Waals surface area contributed by atoms with Gasteiger partial charge in [0.25, 0.3) is 0 Å². The van der Waals surface area contributed by atoms with E-state index in [4.69, 9.17) is 52.1 Å². The molecule has 0 N–H and O–H groups in total. The van der Waals surface area contributed by atoms with Crippen molar-refractivity contribution in [3.05, 3.63) is 0 Å². The fraction of sp³-hybridized carbons (Fsp3) is 0.812. The van der Waals surface area contributed by atoms with Crippen molar-refractivity contribution in [1.82, 2.24) is 9.80 Å². The topological polar surface area (TPSA) is 262 Å². The Kier molecular flexibility index (Phi) is 99.7. The van der Waals surface area contributed by atoms with Crippen molar-refractivity contribution in [2.24, 2.45) is 37.9 Å². The van der Waals surface area contributed by atoms with Gasteiger partial charge in [-0.1, -0.05) is 207 Å². The van der Waals surface area contributed by atoms with Crippen molar-refractivity contribution < 1.29 is 95.3 Å². The van der Waals surface area contributed by atoms with Gasteiger partial charge in [-0.3, -0.25) is 43.3 Å². The van der Waals surface area contributed by atoms with Crippen LogP contribution in [-0.2, 0) is 95.3 Å². The second-order valence-electron chi connectivity index (χ2n) is 44.1. The van der Waals surface area contributed by atoms with E-state index in [0.29, 0.717) is 127 Å². The monoisotopic (exact) mass is 1900 g/mol. The zero-order chi connectivity index (χ0) is 105. The summed E-state index contributed by atoms with van der Waals surface area (Å²) in [7, 11) is 4.24. The summed E-state index contributed by atoms with van der Waals surface area (Å²) in [6.07, 6.45) is 20.6. The lowest BCUT2D eigenvalue weighted by Crippen LogP contribution is -2.40. The molecule has 0 bridgehead atoms. The largest absolute Gasteiger partial charge is 0.463 e. The molecule has 0 atom stereocenters. The van der Waals surface area contributed by atoms with Crippen LogP contribution >= 0.6 is 0 Å². The summed E-state index contributed by atoms with van der Waals surface area (Å²) >= 11 is 0. The predicted molar refractivity (Wildman–Crippen MR) is 555 cm³/mol. The number of ketones is 8. The molecule has 0 rings (SSSR count). The Morgan fingerprint density at radius 2 is 0.478 bits per heavy atom. The van der Waals surface area contributed by atoms with Gasteiger partial charge in [0.05, 0.1) is 46.2 Å². The number of Topliss-reactive ketones (excluding diaryl/α,β-unsaturated/α-hetero) is 8. The molecule has 0 aromatic carbocycles. The van der Waals surface area contributed by atoms with Crippen LogP contribution in [0.4, 0.5) is 0 Å². The maximum Gasteiger partial charge on any atom is 0.302 e. The summed E-state index contributed by atoms with van der Waals surface area (Å²) < 4.78 is 56.8. The number of esters is 1. The lowest BCUT2D eigenvalue weighted by Gasteiger charge is -2.31. The number of likely N-dealkylation sites (N-methyl/N-ethyl adjacent to an activating group) is 1. The summed E-state index contributed by atoms with van der Waals surface area (Å²) in [6.45, 7) is 85.3. The molecule has 0 aliphatic rings. The molecule has 134 heavy (non-hydrogen) atoms. The Morgan fingerprint density at radius 1 is 0.216 bits per heavy atom. The van der Waals surface area contributed by atoms with Gasteiger partial charge < -0.3 is 61.8 Å². The van der Waals surface area contributed by atoms with E-state index >= 15 is 0 Å². The second kappa shape index (κ2) is 91.8. The minimum absolute atomic E-state index is 0.00983. The van der Waals surface area contributed by atoms with Crippen LogP contribution in [0.3, 0.4) is 0 Å². The number of nitrogens with zero attached hydrogens (tertiary/aromatic N) is 2. The normalized spacial score (nSPS) is 11.1. The number of carbonyl (C=O) groups excluding carboxylic acids is 9. The first-order valence-corrected chi connectivity index (χ1v) is 48.8. The zero-order valence-corrected chi connectivity index (χ0v) is 93.2. The molecule has 0 aliphatic carbocycles. The van der Waals surface area contributed by atoms with Crippen molar-refractivity contribution in [3.63, 3.8) is 0 Å². The molecule has 0 saturated carbocycles. The zero-order valence-electron chi connectivity index (χ0n) is 93.2. The van der Waals surface area contributed by atoms with Crippen molar-refractivity contribution in [2.75, 3.05) is 166 Å². The van der Waals surface area contributed by atoms with Crippen LogP contribution < -0.4 is 0 Å². The molecule has 0 fully saturated rings. The molecule has 0 amide bonds. The van der Waals surface area contributed by atoms with Crippen LogP contribution in [0.2, 0.25) is 0 Å². The third-order valence-corrected chi connectivity index (χ3v) is 17.4. The molecule has 0 spiro atoms. The van der Waals surface area contributed by atoms with Gasteiger partial charge in [0.1, 0.15) is 76.0 Å². The molecule has 0 heterocycles. The van der Waals surface area contributed by atoms with Crippen LogP contribution in [0.25, 0.3) is 0 Å². The first kappa shape index (κ1) is 146. The third-order valence-electron chi connectivity index (χ3n) is 17.4. The second-order valence-corrected chi connectivity index (χ2v) is 44.1. The summed E-state index contributed by atoms with van der Waals surface area (Å²) in [5, 5.41) is 0. The van der Waals surface area contributed by atoms with Crippen molar-refractivity contribution >= 4 is 52.2 Å². The summed E-state index contributed by atoms with van der Waals surface area (Å²) in [4.78, 5) is 99.5. The third kappa shape index (κ3) is 172. The minimum atomic E-state index is -0.251. The number of rotatable bonds is 53. The van der Waals surface area contributed by atoms with E-state index < -0.39 is 0 Å². The minimum Gasteiger partial charge on any atom is -0.463 e. The summed E-state index contributed by atoms with van der Waals surface area (Å²) in [5.74, 6) is 34.6. The molecule has 0 aromatic heterocycles. The molecule has 780 valence electrons. The van der Waals surface area contributed by atoms with Gasteiger partial charge in [0.2, 0.25) is 0 Å². The van der Waals surface area contributed by atoms with E-state index in [1.165, 1.54) is 72.1 Å².